The van der Waals surface area contributed by atoms with E-state index in [1.54, 1.807) is 0 Å². The molecule has 1 heteroatoms. The maximum atomic E-state index is 3.76. The summed E-state index contributed by atoms with van der Waals surface area (Å²) in [5.41, 5.74) is 2.87. The van der Waals surface area contributed by atoms with Gasteiger partial charge in [-0.15, -0.1) is 6.58 Å². The van der Waals surface area contributed by atoms with E-state index in [2.05, 4.69) is 36.2 Å². The molecule has 2 rings (SSSR count). The molecule has 0 saturated carbocycles. The Morgan fingerprint density at radius 1 is 1.20 bits per heavy atom. The molecule has 0 amide bonds. The molecule has 0 spiro atoms. The minimum Gasteiger partial charge on any atom is -0.317 e. The van der Waals surface area contributed by atoms with E-state index in [1.165, 1.54) is 37.1 Å². The Hall–Kier alpha value is -1.08. The standard InChI is InChI=1S/C14H19N/c1-2-3-12-4-6-13(7-5-12)14-8-10-15-11-9-14/h2,4-7,14-15H,1,3,8-11H2. The van der Waals surface area contributed by atoms with Crippen molar-refractivity contribution in [2.75, 3.05) is 13.1 Å². The molecule has 1 aromatic carbocycles. The Morgan fingerprint density at radius 2 is 1.87 bits per heavy atom. The van der Waals surface area contributed by atoms with Crippen molar-refractivity contribution in [1.82, 2.24) is 5.32 Å². The fourth-order valence-corrected chi connectivity index (χ4v) is 2.25. The van der Waals surface area contributed by atoms with Crippen molar-refractivity contribution >= 4 is 0 Å². The summed E-state index contributed by atoms with van der Waals surface area (Å²) in [7, 11) is 0. The molecule has 0 unspecified atom stereocenters. The highest BCUT2D eigenvalue weighted by atomic mass is 14.9. The van der Waals surface area contributed by atoms with Gasteiger partial charge in [-0.25, -0.2) is 0 Å². The fraction of sp³-hybridized carbons (Fsp3) is 0.429. The third kappa shape index (κ3) is 2.69. The summed E-state index contributed by atoms with van der Waals surface area (Å²) in [6, 6.07) is 9.04. The second kappa shape index (κ2) is 5.13. The molecule has 0 aliphatic carbocycles. The molecule has 0 aromatic heterocycles. The van der Waals surface area contributed by atoms with Crippen molar-refractivity contribution in [2.24, 2.45) is 0 Å². The molecule has 0 atom stereocenters. The van der Waals surface area contributed by atoms with Crippen LogP contribution in [0, 0.1) is 0 Å². The van der Waals surface area contributed by atoms with Crippen LogP contribution in [0.1, 0.15) is 29.9 Å². The van der Waals surface area contributed by atoms with Crippen LogP contribution < -0.4 is 5.32 Å². The van der Waals surface area contributed by atoms with Crippen molar-refractivity contribution in [1.29, 1.82) is 0 Å². The van der Waals surface area contributed by atoms with Crippen LogP contribution in [-0.2, 0) is 6.42 Å². The maximum Gasteiger partial charge on any atom is -0.00431 e. The Bertz CT molecular complexity index is 307. The van der Waals surface area contributed by atoms with Crippen LogP contribution in [-0.4, -0.2) is 13.1 Å². The van der Waals surface area contributed by atoms with E-state index in [0.29, 0.717) is 0 Å². The summed E-state index contributed by atoms with van der Waals surface area (Å²) in [6.45, 7) is 6.09. The van der Waals surface area contributed by atoms with Crippen LogP contribution in [0.2, 0.25) is 0 Å². The quantitative estimate of drug-likeness (QED) is 0.741. The highest BCUT2D eigenvalue weighted by Crippen LogP contribution is 2.25. The first-order valence-corrected chi connectivity index (χ1v) is 5.80. The monoisotopic (exact) mass is 201 g/mol. The predicted molar refractivity (Wildman–Crippen MR) is 65.2 cm³/mol. The molecule has 1 aromatic rings. The molecule has 1 N–H and O–H groups in total. The molecule has 1 aliphatic rings. The van der Waals surface area contributed by atoms with Crippen LogP contribution in [0.5, 0.6) is 0 Å². The van der Waals surface area contributed by atoms with Crippen LogP contribution >= 0.6 is 0 Å². The molecule has 1 heterocycles. The Kier molecular flexibility index (Phi) is 3.57. The van der Waals surface area contributed by atoms with E-state index in [9.17, 15) is 0 Å². The van der Waals surface area contributed by atoms with E-state index in [-0.39, 0.29) is 0 Å². The zero-order valence-corrected chi connectivity index (χ0v) is 9.21. The van der Waals surface area contributed by atoms with Crippen molar-refractivity contribution in [3.63, 3.8) is 0 Å². The number of nitrogens with one attached hydrogen (secondary N) is 1. The van der Waals surface area contributed by atoms with Crippen LogP contribution in [0.3, 0.4) is 0 Å². The van der Waals surface area contributed by atoms with Crippen LogP contribution in [0.15, 0.2) is 36.9 Å². The topological polar surface area (TPSA) is 12.0 Å². The zero-order valence-electron chi connectivity index (χ0n) is 9.21. The first-order valence-electron chi connectivity index (χ1n) is 5.80. The Morgan fingerprint density at radius 3 is 2.47 bits per heavy atom. The summed E-state index contributed by atoms with van der Waals surface area (Å²) < 4.78 is 0. The smallest absolute Gasteiger partial charge is 0.00431 e. The summed E-state index contributed by atoms with van der Waals surface area (Å²) >= 11 is 0. The summed E-state index contributed by atoms with van der Waals surface area (Å²) in [4.78, 5) is 0. The molecule has 0 bridgehead atoms. The molecule has 80 valence electrons. The van der Waals surface area contributed by atoms with E-state index in [4.69, 9.17) is 0 Å². The van der Waals surface area contributed by atoms with Gasteiger partial charge in [-0.05, 0) is 49.4 Å². The van der Waals surface area contributed by atoms with E-state index < -0.39 is 0 Å². The van der Waals surface area contributed by atoms with Gasteiger partial charge in [-0.2, -0.15) is 0 Å². The van der Waals surface area contributed by atoms with Crippen molar-refractivity contribution < 1.29 is 0 Å². The fourth-order valence-electron chi connectivity index (χ4n) is 2.25. The maximum absolute atomic E-state index is 3.76. The minimum absolute atomic E-state index is 0.768. The highest BCUT2D eigenvalue weighted by molar-refractivity contribution is 5.26. The van der Waals surface area contributed by atoms with Gasteiger partial charge in [0.05, 0.1) is 0 Å². The van der Waals surface area contributed by atoms with Crippen molar-refractivity contribution in [3.8, 4) is 0 Å². The van der Waals surface area contributed by atoms with Crippen molar-refractivity contribution in [2.45, 2.75) is 25.2 Å². The Balaban J connectivity index is 2.04. The third-order valence-electron chi connectivity index (χ3n) is 3.17. The summed E-state index contributed by atoms with van der Waals surface area (Å²) in [5.74, 6) is 0.768. The second-order valence-corrected chi connectivity index (χ2v) is 4.26. The molecule has 1 nitrogen and oxygen atoms in total. The van der Waals surface area contributed by atoms with Gasteiger partial charge in [-0.3, -0.25) is 0 Å². The normalized spacial score (nSPS) is 17.6. The molecule has 15 heavy (non-hydrogen) atoms. The Labute approximate surface area is 92.2 Å². The van der Waals surface area contributed by atoms with Gasteiger partial charge in [0.15, 0.2) is 0 Å². The predicted octanol–water partition coefficient (Wildman–Crippen LogP) is 2.88. The zero-order chi connectivity index (χ0) is 10.5. The first kappa shape index (κ1) is 10.4. The van der Waals surface area contributed by atoms with Gasteiger partial charge in [0.2, 0.25) is 0 Å². The lowest BCUT2D eigenvalue weighted by atomic mass is 9.89. The van der Waals surface area contributed by atoms with Crippen LogP contribution in [0.4, 0.5) is 0 Å². The lowest BCUT2D eigenvalue weighted by Gasteiger charge is -2.23. The van der Waals surface area contributed by atoms with Crippen LogP contribution in [0.25, 0.3) is 0 Å². The molecule has 1 aliphatic heterocycles. The lowest BCUT2D eigenvalue weighted by molar-refractivity contribution is 0.460. The number of hydrogen-bond acceptors (Lipinski definition) is 1. The number of allylic oxidation sites excluding steroid dienone is 1. The number of benzene rings is 1. The molecule has 1 saturated heterocycles. The van der Waals surface area contributed by atoms with E-state index in [0.717, 1.165) is 12.3 Å². The first-order chi connectivity index (χ1) is 7.40. The van der Waals surface area contributed by atoms with Gasteiger partial charge >= 0.3 is 0 Å². The average Bonchev–Trinajstić information content (AvgIpc) is 2.32. The van der Waals surface area contributed by atoms with E-state index in [1.807, 2.05) is 6.08 Å². The summed E-state index contributed by atoms with van der Waals surface area (Å²) in [5, 5.41) is 3.40. The minimum atomic E-state index is 0.768. The van der Waals surface area contributed by atoms with Crippen molar-refractivity contribution in [3.05, 3.63) is 48.0 Å². The van der Waals surface area contributed by atoms with Gasteiger partial charge in [0.25, 0.3) is 0 Å². The van der Waals surface area contributed by atoms with E-state index >= 15 is 0 Å². The summed E-state index contributed by atoms with van der Waals surface area (Å²) in [6.07, 6.45) is 5.49. The molecular formula is C14H19N. The highest BCUT2D eigenvalue weighted by Gasteiger charge is 2.14. The number of rotatable bonds is 3. The lowest BCUT2D eigenvalue weighted by Crippen LogP contribution is -2.26. The van der Waals surface area contributed by atoms with Gasteiger partial charge in [-0.1, -0.05) is 30.3 Å². The molecule has 1 fully saturated rings. The molecular weight excluding hydrogens is 182 g/mol. The average molecular weight is 201 g/mol. The third-order valence-corrected chi connectivity index (χ3v) is 3.17. The second-order valence-electron chi connectivity index (χ2n) is 4.26. The largest absolute Gasteiger partial charge is 0.317 e. The van der Waals surface area contributed by atoms with Gasteiger partial charge < -0.3 is 5.32 Å². The number of piperidine rings is 1. The SMILES string of the molecule is C=CCc1ccc(C2CCNCC2)cc1. The molecule has 0 radical (unpaired) electrons. The van der Waals surface area contributed by atoms with Gasteiger partial charge in [0.1, 0.15) is 0 Å². The van der Waals surface area contributed by atoms with Gasteiger partial charge in [0, 0.05) is 0 Å². The number of hydrogen-bond donors (Lipinski definition) is 1.